The molecule has 4 heteroatoms. The molecule has 0 atom stereocenters. The standard InChI is InChI=1S/C14H20BrN3/c1-16-14(17-9-11-7-8-11)18(2)10-12-5-3-4-6-13(12)15/h3-6,11H,7-10H2,1-2H3,(H,16,17). The van der Waals surface area contributed by atoms with Crippen LogP contribution in [-0.2, 0) is 6.54 Å². The fourth-order valence-corrected chi connectivity index (χ4v) is 2.31. The van der Waals surface area contributed by atoms with Gasteiger partial charge in [0.15, 0.2) is 5.96 Å². The van der Waals surface area contributed by atoms with Crippen LogP contribution in [0.5, 0.6) is 0 Å². The summed E-state index contributed by atoms with van der Waals surface area (Å²) < 4.78 is 1.15. The molecule has 1 saturated carbocycles. The van der Waals surface area contributed by atoms with Crippen molar-refractivity contribution in [3.05, 3.63) is 34.3 Å². The van der Waals surface area contributed by atoms with Gasteiger partial charge in [-0.3, -0.25) is 4.99 Å². The second-order valence-corrected chi connectivity index (χ2v) is 5.67. The molecule has 0 unspecified atom stereocenters. The normalized spacial score (nSPS) is 15.6. The average molecular weight is 310 g/mol. The largest absolute Gasteiger partial charge is 0.356 e. The first-order chi connectivity index (χ1) is 8.70. The van der Waals surface area contributed by atoms with Crippen molar-refractivity contribution in [2.75, 3.05) is 20.6 Å². The number of hydrogen-bond acceptors (Lipinski definition) is 1. The summed E-state index contributed by atoms with van der Waals surface area (Å²) in [6.07, 6.45) is 2.72. The summed E-state index contributed by atoms with van der Waals surface area (Å²) in [5, 5.41) is 3.43. The summed E-state index contributed by atoms with van der Waals surface area (Å²) in [5.41, 5.74) is 1.27. The van der Waals surface area contributed by atoms with Crippen molar-refractivity contribution in [1.82, 2.24) is 10.2 Å². The molecule has 0 heterocycles. The van der Waals surface area contributed by atoms with E-state index in [0.29, 0.717) is 0 Å². The third kappa shape index (κ3) is 3.73. The topological polar surface area (TPSA) is 27.6 Å². The minimum absolute atomic E-state index is 0.853. The van der Waals surface area contributed by atoms with E-state index in [1.54, 1.807) is 0 Å². The molecule has 1 aromatic rings. The maximum atomic E-state index is 4.33. The van der Waals surface area contributed by atoms with Gasteiger partial charge >= 0.3 is 0 Å². The Kier molecular flexibility index (Phi) is 4.64. The number of rotatable bonds is 4. The van der Waals surface area contributed by atoms with Crippen molar-refractivity contribution in [3.63, 3.8) is 0 Å². The van der Waals surface area contributed by atoms with E-state index in [1.165, 1.54) is 18.4 Å². The summed E-state index contributed by atoms with van der Waals surface area (Å²) in [7, 11) is 3.91. The number of nitrogens with zero attached hydrogens (tertiary/aromatic N) is 2. The molecule has 0 bridgehead atoms. The van der Waals surface area contributed by atoms with Gasteiger partial charge in [-0.25, -0.2) is 0 Å². The molecular weight excluding hydrogens is 290 g/mol. The second kappa shape index (κ2) is 6.23. The third-order valence-electron chi connectivity index (χ3n) is 3.18. The van der Waals surface area contributed by atoms with Gasteiger partial charge in [-0.15, -0.1) is 0 Å². The maximum absolute atomic E-state index is 4.33. The van der Waals surface area contributed by atoms with Gasteiger partial charge in [0.1, 0.15) is 0 Å². The van der Waals surface area contributed by atoms with E-state index in [1.807, 2.05) is 13.1 Å². The summed E-state index contributed by atoms with van der Waals surface area (Å²) in [5.74, 6) is 1.83. The van der Waals surface area contributed by atoms with Crippen molar-refractivity contribution in [1.29, 1.82) is 0 Å². The molecule has 0 aromatic heterocycles. The van der Waals surface area contributed by atoms with Crippen LogP contribution in [0.2, 0.25) is 0 Å². The summed E-state index contributed by atoms with van der Waals surface area (Å²) in [6, 6.07) is 8.31. The Balaban J connectivity index is 1.92. The molecule has 2 rings (SSSR count). The molecule has 0 aliphatic heterocycles. The molecule has 18 heavy (non-hydrogen) atoms. The van der Waals surface area contributed by atoms with E-state index in [2.05, 4.69) is 56.4 Å². The molecular formula is C14H20BrN3. The van der Waals surface area contributed by atoms with Crippen molar-refractivity contribution in [3.8, 4) is 0 Å². The summed E-state index contributed by atoms with van der Waals surface area (Å²) in [6.45, 7) is 1.90. The van der Waals surface area contributed by atoms with Gasteiger partial charge in [-0.05, 0) is 30.4 Å². The molecule has 1 aliphatic carbocycles. The SMILES string of the molecule is CN=C(NCC1CC1)N(C)Cc1ccccc1Br. The van der Waals surface area contributed by atoms with Crippen LogP contribution in [0.1, 0.15) is 18.4 Å². The van der Waals surface area contributed by atoms with Crippen LogP contribution in [0.3, 0.4) is 0 Å². The Hall–Kier alpha value is -1.03. The molecule has 0 amide bonds. The van der Waals surface area contributed by atoms with Gasteiger partial charge in [0.25, 0.3) is 0 Å². The van der Waals surface area contributed by atoms with Crippen LogP contribution < -0.4 is 5.32 Å². The Bertz CT molecular complexity index is 427. The maximum Gasteiger partial charge on any atom is 0.193 e. The van der Waals surface area contributed by atoms with Gasteiger partial charge in [0.05, 0.1) is 0 Å². The average Bonchev–Trinajstić information content (AvgIpc) is 3.17. The molecule has 1 aromatic carbocycles. The monoisotopic (exact) mass is 309 g/mol. The van der Waals surface area contributed by atoms with Crippen molar-refractivity contribution >= 4 is 21.9 Å². The van der Waals surface area contributed by atoms with Crippen LogP contribution in [0, 0.1) is 5.92 Å². The lowest BCUT2D eigenvalue weighted by Crippen LogP contribution is -2.39. The highest BCUT2D eigenvalue weighted by Gasteiger charge is 2.21. The van der Waals surface area contributed by atoms with Crippen LogP contribution in [0.15, 0.2) is 33.7 Å². The highest BCUT2D eigenvalue weighted by atomic mass is 79.9. The predicted octanol–water partition coefficient (Wildman–Crippen LogP) is 2.87. The molecule has 1 N–H and O–H groups in total. The zero-order valence-corrected chi connectivity index (χ0v) is 12.6. The fraction of sp³-hybridized carbons (Fsp3) is 0.500. The molecule has 3 nitrogen and oxygen atoms in total. The number of guanidine groups is 1. The van der Waals surface area contributed by atoms with Crippen LogP contribution >= 0.6 is 15.9 Å². The minimum atomic E-state index is 0.853. The lowest BCUT2D eigenvalue weighted by atomic mass is 10.2. The predicted molar refractivity (Wildman–Crippen MR) is 79.7 cm³/mol. The molecule has 98 valence electrons. The zero-order valence-electron chi connectivity index (χ0n) is 11.0. The van der Waals surface area contributed by atoms with Crippen molar-refractivity contribution < 1.29 is 0 Å². The van der Waals surface area contributed by atoms with Crippen molar-refractivity contribution in [2.24, 2.45) is 10.9 Å². The Labute approximate surface area is 117 Å². The number of halogens is 1. The second-order valence-electron chi connectivity index (χ2n) is 4.82. The Morgan fingerprint density at radius 2 is 2.17 bits per heavy atom. The lowest BCUT2D eigenvalue weighted by Gasteiger charge is -2.22. The minimum Gasteiger partial charge on any atom is -0.356 e. The van der Waals surface area contributed by atoms with Crippen LogP contribution in [-0.4, -0.2) is 31.5 Å². The van der Waals surface area contributed by atoms with E-state index < -0.39 is 0 Å². The molecule has 0 saturated heterocycles. The van der Waals surface area contributed by atoms with E-state index in [4.69, 9.17) is 0 Å². The Morgan fingerprint density at radius 1 is 1.44 bits per heavy atom. The summed E-state index contributed by atoms with van der Waals surface area (Å²) >= 11 is 3.58. The molecule has 1 aliphatic rings. The number of nitrogens with one attached hydrogen (secondary N) is 1. The fourth-order valence-electron chi connectivity index (χ4n) is 1.90. The third-order valence-corrected chi connectivity index (χ3v) is 3.96. The van der Waals surface area contributed by atoms with Gasteiger partial charge in [-0.2, -0.15) is 0 Å². The van der Waals surface area contributed by atoms with E-state index >= 15 is 0 Å². The quantitative estimate of drug-likeness (QED) is 0.684. The van der Waals surface area contributed by atoms with Crippen LogP contribution in [0.25, 0.3) is 0 Å². The first-order valence-corrected chi connectivity index (χ1v) is 7.15. The van der Waals surface area contributed by atoms with Crippen LogP contribution in [0.4, 0.5) is 0 Å². The molecule has 1 fully saturated rings. The van der Waals surface area contributed by atoms with Gasteiger partial charge < -0.3 is 10.2 Å². The smallest absolute Gasteiger partial charge is 0.193 e. The molecule has 0 spiro atoms. The summed E-state index contributed by atoms with van der Waals surface area (Å²) in [4.78, 5) is 6.48. The highest BCUT2D eigenvalue weighted by molar-refractivity contribution is 9.10. The van der Waals surface area contributed by atoms with E-state index in [-0.39, 0.29) is 0 Å². The van der Waals surface area contributed by atoms with Gasteiger partial charge in [0, 0.05) is 31.7 Å². The zero-order chi connectivity index (χ0) is 13.0. The lowest BCUT2D eigenvalue weighted by molar-refractivity contribution is 0.473. The highest BCUT2D eigenvalue weighted by Crippen LogP contribution is 2.27. The van der Waals surface area contributed by atoms with Gasteiger partial charge in [-0.1, -0.05) is 34.1 Å². The van der Waals surface area contributed by atoms with Gasteiger partial charge in [0.2, 0.25) is 0 Å². The first-order valence-electron chi connectivity index (χ1n) is 6.36. The number of aliphatic imine (C=N–C) groups is 1. The van der Waals surface area contributed by atoms with Crippen molar-refractivity contribution in [2.45, 2.75) is 19.4 Å². The number of benzene rings is 1. The number of hydrogen-bond donors (Lipinski definition) is 1. The first kappa shape index (κ1) is 13.4. The molecule has 0 radical (unpaired) electrons. The Morgan fingerprint density at radius 3 is 2.78 bits per heavy atom. The van der Waals surface area contributed by atoms with E-state index in [0.717, 1.165) is 29.4 Å². The van der Waals surface area contributed by atoms with E-state index in [9.17, 15) is 0 Å².